The number of nitrogens with one attached hydrogen (secondary N) is 1. The third-order valence-electron chi connectivity index (χ3n) is 4.26. The van der Waals surface area contributed by atoms with Crippen LogP contribution in [0.2, 0.25) is 0 Å². The van der Waals surface area contributed by atoms with Gasteiger partial charge in [-0.05, 0) is 42.5 Å². The molecule has 1 N–H and O–H groups in total. The Morgan fingerprint density at radius 1 is 0.931 bits per heavy atom. The first kappa shape index (κ1) is 20.5. The molecule has 3 rings (SSSR count). The van der Waals surface area contributed by atoms with Crippen LogP contribution in [0.25, 0.3) is 0 Å². The number of methoxy groups -OCH3 is 2. The van der Waals surface area contributed by atoms with E-state index in [1.54, 1.807) is 55.3 Å². The fraction of sp³-hybridized carbons (Fsp3) is 0.130. The minimum atomic E-state index is -0.504. The summed E-state index contributed by atoms with van der Waals surface area (Å²) >= 11 is 1.66. The Kier molecular flexibility index (Phi) is 6.92. The highest BCUT2D eigenvalue weighted by Crippen LogP contribution is 2.29. The second-order valence-corrected chi connectivity index (χ2v) is 7.17. The molecule has 0 aliphatic carbocycles. The molecule has 0 saturated heterocycles. The molecule has 0 atom stereocenters. The lowest BCUT2D eigenvalue weighted by molar-refractivity contribution is 0.0602. The van der Waals surface area contributed by atoms with E-state index in [0.29, 0.717) is 22.6 Å². The summed E-state index contributed by atoms with van der Waals surface area (Å²) in [6.07, 6.45) is 0. The normalized spacial score (nSPS) is 10.3. The second kappa shape index (κ2) is 9.80. The molecular formula is C23H21NO4S. The van der Waals surface area contributed by atoms with Crippen LogP contribution in [-0.2, 0) is 10.5 Å². The number of hydrogen-bond donors (Lipinski definition) is 1. The standard InChI is InChI=1S/C23H21NO4S/c1-27-21-13-12-16(14-17(21)15-29-18-8-4-3-5-9-18)22(25)24-20-11-7-6-10-19(20)23(26)28-2/h3-14H,15H2,1-2H3,(H,24,25). The number of amides is 1. The number of para-hydroxylation sites is 1. The Bertz CT molecular complexity index is 1000. The first-order valence-electron chi connectivity index (χ1n) is 8.96. The van der Waals surface area contributed by atoms with E-state index in [4.69, 9.17) is 9.47 Å². The van der Waals surface area contributed by atoms with Crippen LogP contribution in [0, 0.1) is 0 Å². The third-order valence-corrected chi connectivity index (χ3v) is 5.32. The minimum absolute atomic E-state index is 0.303. The van der Waals surface area contributed by atoms with Crippen LogP contribution in [0.4, 0.5) is 5.69 Å². The van der Waals surface area contributed by atoms with Gasteiger partial charge in [0, 0.05) is 21.8 Å². The lowest BCUT2D eigenvalue weighted by atomic mass is 10.1. The van der Waals surface area contributed by atoms with Gasteiger partial charge in [0.1, 0.15) is 5.75 Å². The van der Waals surface area contributed by atoms with Crippen LogP contribution in [-0.4, -0.2) is 26.1 Å². The molecule has 0 spiro atoms. The fourth-order valence-corrected chi connectivity index (χ4v) is 3.68. The van der Waals surface area contributed by atoms with E-state index in [2.05, 4.69) is 5.32 Å². The Morgan fingerprint density at radius 2 is 1.66 bits per heavy atom. The molecule has 3 aromatic rings. The molecule has 0 fully saturated rings. The van der Waals surface area contributed by atoms with E-state index in [9.17, 15) is 9.59 Å². The number of rotatable bonds is 7. The number of hydrogen-bond acceptors (Lipinski definition) is 5. The summed E-state index contributed by atoms with van der Waals surface area (Å²) in [7, 11) is 2.92. The largest absolute Gasteiger partial charge is 0.496 e. The van der Waals surface area contributed by atoms with Crippen molar-refractivity contribution in [3.63, 3.8) is 0 Å². The molecule has 0 aromatic heterocycles. The van der Waals surface area contributed by atoms with Gasteiger partial charge in [-0.2, -0.15) is 0 Å². The molecule has 0 saturated carbocycles. The molecule has 0 heterocycles. The topological polar surface area (TPSA) is 64.6 Å². The van der Waals surface area contributed by atoms with E-state index < -0.39 is 5.97 Å². The Labute approximate surface area is 174 Å². The molecule has 29 heavy (non-hydrogen) atoms. The average Bonchev–Trinajstić information content (AvgIpc) is 2.78. The van der Waals surface area contributed by atoms with Crippen LogP contribution in [0.1, 0.15) is 26.3 Å². The monoisotopic (exact) mass is 407 g/mol. The van der Waals surface area contributed by atoms with Crippen LogP contribution in [0.15, 0.2) is 77.7 Å². The molecule has 0 radical (unpaired) electrons. The number of benzene rings is 3. The highest BCUT2D eigenvalue weighted by molar-refractivity contribution is 7.98. The number of thioether (sulfide) groups is 1. The van der Waals surface area contributed by atoms with Gasteiger partial charge in [0.15, 0.2) is 0 Å². The van der Waals surface area contributed by atoms with E-state index in [0.717, 1.165) is 16.2 Å². The number of anilines is 1. The number of esters is 1. The van der Waals surface area contributed by atoms with Crippen LogP contribution in [0.3, 0.4) is 0 Å². The molecule has 1 amide bonds. The van der Waals surface area contributed by atoms with Gasteiger partial charge in [-0.1, -0.05) is 30.3 Å². The summed E-state index contributed by atoms with van der Waals surface area (Å²) in [6.45, 7) is 0. The van der Waals surface area contributed by atoms with E-state index in [1.807, 2.05) is 36.4 Å². The van der Waals surface area contributed by atoms with Crippen molar-refractivity contribution >= 4 is 29.3 Å². The fourth-order valence-electron chi connectivity index (χ4n) is 2.78. The van der Waals surface area contributed by atoms with E-state index in [-0.39, 0.29) is 5.91 Å². The first-order chi connectivity index (χ1) is 14.1. The molecule has 0 aliphatic rings. The quantitative estimate of drug-likeness (QED) is 0.440. The van der Waals surface area contributed by atoms with Crippen molar-refractivity contribution in [1.29, 1.82) is 0 Å². The third kappa shape index (κ3) is 5.18. The van der Waals surface area contributed by atoms with Crippen molar-refractivity contribution in [3.05, 3.63) is 89.5 Å². The molecule has 0 unspecified atom stereocenters. The molecule has 6 heteroatoms. The van der Waals surface area contributed by atoms with Crippen molar-refractivity contribution in [1.82, 2.24) is 0 Å². The van der Waals surface area contributed by atoms with Crippen LogP contribution < -0.4 is 10.1 Å². The Hall–Kier alpha value is -3.25. The van der Waals surface area contributed by atoms with E-state index >= 15 is 0 Å². The number of ether oxygens (including phenoxy) is 2. The Morgan fingerprint density at radius 3 is 2.38 bits per heavy atom. The van der Waals surface area contributed by atoms with Gasteiger partial charge in [-0.25, -0.2) is 4.79 Å². The van der Waals surface area contributed by atoms with Crippen LogP contribution in [0.5, 0.6) is 5.75 Å². The van der Waals surface area contributed by atoms with Crippen molar-refractivity contribution < 1.29 is 19.1 Å². The summed E-state index contributed by atoms with van der Waals surface area (Å²) in [6, 6.07) is 22.1. The van der Waals surface area contributed by atoms with E-state index in [1.165, 1.54) is 7.11 Å². The predicted octanol–water partition coefficient (Wildman–Crippen LogP) is 5.03. The van der Waals surface area contributed by atoms with Crippen molar-refractivity contribution in [2.24, 2.45) is 0 Å². The SMILES string of the molecule is COC(=O)c1ccccc1NC(=O)c1ccc(OC)c(CSc2ccccc2)c1. The summed E-state index contributed by atoms with van der Waals surface area (Å²) in [4.78, 5) is 25.8. The average molecular weight is 407 g/mol. The zero-order valence-corrected chi connectivity index (χ0v) is 17.0. The van der Waals surface area contributed by atoms with Gasteiger partial charge >= 0.3 is 5.97 Å². The lowest BCUT2D eigenvalue weighted by Gasteiger charge is -2.12. The zero-order valence-electron chi connectivity index (χ0n) is 16.2. The summed E-state index contributed by atoms with van der Waals surface area (Å²) in [5.74, 6) is 0.568. The molecule has 0 aliphatic heterocycles. The maximum atomic E-state index is 12.8. The molecule has 3 aromatic carbocycles. The van der Waals surface area contributed by atoms with Gasteiger partial charge < -0.3 is 14.8 Å². The van der Waals surface area contributed by atoms with Crippen molar-refractivity contribution in [3.8, 4) is 5.75 Å². The Balaban J connectivity index is 1.80. The highest BCUT2D eigenvalue weighted by Gasteiger charge is 2.15. The summed E-state index contributed by atoms with van der Waals surface area (Å²) in [5, 5.41) is 2.79. The molecule has 148 valence electrons. The lowest BCUT2D eigenvalue weighted by Crippen LogP contribution is -2.15. The van der Waals surface area contributed by atoms with Gasteiger partial charge in [-0.3, -0.25) is 4.79 Å². The van der Waals surface area contributed by atoms with Crippen LogP contribution >= 0.6 is 11.8 Å². The van der Waals surface area contributed by atoms with Crippen molar-refractivity contribution in [2.75, 3.05) is 19.5 Å². The van der Waals surface area contributed by atoms with Crippen molar-refractivity contribution in [2.45, 2.75) is 10.6 Å². The maximum Gasteiger partial charge on any atom is 0.339 e. The maximum absolute atomic E-state index is 12.8. The predicted molar refractivity (Wildman–Crippen MR) is 115 cm³/mol. The molecular weight excluding hydrogens is 386 g/mol. The number of carbonyl (C=O) groups excluding carboxylic acids is 2. The number of carbonyl (C=O) groups is 2. The molecule has 0 bridgehead atoms. The summed E-state index contributed by atoms with van der Waals surface area (Å²) < 4.78 is 10.2. The van der Waals surface area contributed by atoms with Gasteiger partial charge in [0.05, 0.1) is 25.5 Å². The smallest absolute Gasteiger partial charge is 0.339 e. The molecule has 5 nitrogen and oxygen atoms in total. The summed E-state index contributed by atoms with van der Waals surface area (Å²) in [5.41, 5.74) is 2.10. The van der Waals surface area contributed by atoms with Gasteiger partial charge in [0.25, 0.3) is 5.91 Å². The van der Waals surface area contributed by atoms with Gasteiger partial charge in [0.2, 0.25) is 0 Å². The van der Waals surface area contributed by atoms with Gasteiger partial charge in [-0.15, -0.1) is 11.8 Å². The zero-order chi connectivity index (χ0) is 20.6. The minimum Gasteiger partial charge on any atom is -0.496 e. The second-order valence-electron chi connectivity index (χ2n) is 6.12. The highest BCUT2D eigenvalue weighted by atomic mass is 32.2. The first-order valence-corrected chi connectivity index (χ1v) is 9.94.